The van der Waals surface area contributed by atoms with Crippen molar-refractivity contribution >= 4 is 5.69 Å². The Labute approximate surface area is 79.9 Å². The van der Waals surface area contributed by atoms with Crippen molar-refractivity contribution in [2.75, 3.05) is 11.9 Å². The molecule has 0 bridgehead atoms. The SMILES string of the molecule is Fc1cc(NCC2CC2)cc(F)c1F. The minimum absolute atomic E-state index is 0.299. The molecular formula is C10H10F3N. The molecule has 0 aromatic heterocycles. The summed E-state index contributed by atoms with van der Waals surface area (Å²) in [4.78, 5) is 0. The Hall–Kier alpha value is -1.19. The summed E-state index contributed by atoms with van der Waals surface area (Å²) in [5.41, 5.74) is 0.299. The zero-order valence-corrected chi connectivity index (χ0v) is 7.49. The van der Waals surface area contributed by atoms with Crippen molar-refractivity contribution in [3.05, 3.63) is 29.6 Å². The molecule has 0 atom stereocenters. The van der Waals surface area contributed by atoms with Gasteiger partial charge in [-0.3, -0.25) is 0 Å². The lowest BCUT2D eigenvalue weighted by atomic mass is 10.2. The van der Waals surface area contributed by atoms with E-state index in [-0.39, 0.29) is 0 Å². The van der Waals surface area contributed by atoms with Gasteiger partial charge in [-0.05, 0) is 18.8 Å². The summed E-state index contributed by atoms with van der Waals surface area (Å²) in [6.45, 7) is 0.699. The van der Waals surface area contributed by atoms with E-state index in [2.05, 4.69) is 5.32 Å². The normalized spacial score (nSPS) is 15.6. The van der Waals surface area contributed by atoms with Crippen LogP contribution in [0.25, 0.3) is 0 Å². The van der Waals surface area contributed by atoms with Gasteiger partial charge in [0.1, 0.15) is 0 Å². The summed E-state index contributed by atoms with van der Waals surface area (Å²) >= 11 is 0. The van der Waals surface area contributed by atoms with E-state index in [1.165, 1.54) is 0 Å². The van der Waals surface area contributed by atoms with Crippen LogP contribution in [-0.4, -0.2) is 6.54 Å². The number of halogens is 3. The number of nitrogens with one attached hydrogen (secondary N) is 1. The van der Waals surface area contributed by atoms with Crippen LogP contribution in [-0.2, 0) is 0 Å². The molecule has 0 aliphatic heterocycles. The first kappa shape index (κ1) is 9.37. The second-order valence-corrected chi connectivity index (χ2v) is 3.58. The van der Waals surface area contributed by atoms with Crippen LogP contribution in [0.1, 0.15) is 12.8 Å². The summed E-state index contributed by atoms with van der Waals surface area (Å²) in [5, 5.41) is 2.87. The largest absolute Gasteiger partial charge is 0.385 e. The molecule has 1 N–H and O–H groups in total. The maximum absolute atomic E-state index is 12.7. The molecule has 4 heteroatoms. The van der Waals surface area contributed by atoms with Gasteiger partial charge < -0.3 is 5.32 Å². The maximum Gasteiger partial charge on any atom is 0.194 e. The van der Waals surface area contributed by atoms with E-state index in [1.807, 2.05) is 0 Å². The van der Waals surface area contributed by atoms with Crippen molar-refractivity contribution in [3.63, 3.8) is 0 Å². The summed E-state index contributed by atoms with van der Waals surface area (Å²) in [5.74, 6) is -3.11. The predicted molar refractivity (Wildman–Crippen MR) is 47.5 cm³/mol. The third kappa shape index (κ3) is 2.00. The van der Waals surface area contributed by atoms with Crippen LogP contribution in [0.2, 0.25) is 0 Å². The first-order chi connectivity index (χ1) is 6.66. The molecule has 14 heavy (non-hydrogen) atoms. The van der Waals surface area contributed by atoms with Gasteiger partial charge in [0.2, 0.25) is 0 Å². The second-order valence-electron chi connectivity index (χ2n) is 3.58. The molecule has 1 nitrogen and oxygen atoms in total. The van der Waals surface area contributed by atoms with Gasteiger partial charge in [0, 0.05) is 24.4 Å². The van der Waals surface area contributed by atoms with Crippen LogP contribution in [0.3, 0.4) is 0 Å². The third-order valence-electron chi connectivity index (χ3n) is 2.28. The first-order valence-electron chi connectivity index (χ1n) is 4.55. The molecule has 1 aromatic rings. The zero-order valence-electron chi connectivity index (χ0n) is 7.49. The quantitative estimate of drug-likeness (QED) is 0.741. The fraction of sp³-hybridized carbons (Fsp3) is 0.400. The van der Waals surface area contributed by atoms with Crippen molar-refractivity contribution in [2.45, 2.75) is 12.8 Å². The smallest absolute Gasteiger partial charge is 0.194 e. The van der Waals surface area contributed by atoms with Crippen molar-refractivity contribution < 1.29 is 13.2 Å². The van der Waals surface area contributed by atoms with Crippen LogP contribution in [0.15, 0.2) is 12.1 Å². The molecule has 2 rings (SSSR count). The number of rotatable bonds is 3. The van der Waals surface area contributed by atoms with E-state index in [1.54, 1.807) is 0 Å². The fourth-order valence-corrected chi connectivity index (χ4v) is 1.24. The topological polar surface area (TPSA) is 12.0 Å². The highest BCUT2D eigenvalue weighted by molar-refractivity contribution is 5.44. The van der Waals surface area contributed by atoms with E-state index in [0.29, 0.717) is 18.2 Å². The van der Waals surface area contributed by atoms with E-state index in [9.17, 15) is 13.2 Å². The molecule has 0 unspecified atom stereocenters. The van der Waals surface area contributed by atoms with E-state index < -0.39 is 17.5 Å². The highest BCUT2D eigenvalue weighted by Gasteiger charge is 2.21. The van der Waals surface area contributed by atoms with Crippen LogP contribution in [0.4, 0.5) is 18.9 Å². The Morgan fingerprint density at radius 1 is 1.14 bits per heavy atom. The number of benzene rings is 1. The molecule has 1 saturated carbocycles. The van der Waals surface area contributed by atoms with Crippen molar-refractivity contribution in [1.82, 2.24) is 0 Å². The lowest BCUT2D eigenvalue weighted by Gasteiger charge is -2.05. The van der Waals surface area contributed by atoms with Gasteiger partial charge in [-0.25, -0.2) is 13.2 Å². The molecule has 1 aliphatic carbocycles. The summed E-state index contributed by atoms with van der Waals surface area (Å²) in [7, 11) is 0. The molecule has 0 amide bonds. The monoisotopic (exact) mass is 201 g/mol. The highest BCUT2D eigenvalue weighted by Crippen LogP contribution is 2.29. The van der Waals surface area contributed by atoms with Gasteiger partial charge in [0.25, 0.3) is 0 Å². The van der Waals surface area contributed by atoms with E-state index >= 15 is 0 Å². The first-order valence-corrected chi connectivity index (χ1v) is 4.55. The number of anilines is 1. The molecule has 0 saturated heterocycles. The maximum atomic E-state index is 12.7. The summed E-state index contributed by atoms with van der Waals surface area (Å²) in [6, 6.07) is 1.95. The van der Waals surface area contributed by atoms with Gasteiger partial charge in [0.15, 0.2) is 17.5 Å². The number of hydrogen-bond acceptors (Lipinski definition) is 1. The Balaban J connectivity index is 2.08. The molecule has 1 aromatic carbocycles. The van der Waals surface area contributed by atoms with E-state index in [0.717, 1.165) is 25.0 Å². The third-order valence-corrected chi connectivity index (χ3v) is 2.28. The summed E-state index contributed by atoms with van der Waals surface area (Å²) < 4.78 is 38.0. The van der Waals surface area contributed by atoms with Crippen molar-refractivity contribution in [1.29, 1.82) is 0 Å². The van der Waals surface area contributed by atoms with Crippen molar-refractivity contribution in [3.8, 4) is 0 Å². The molecule has 1 fully saturated rings. The fourth-order valence-electron chi connectivity index (χ4n) is 1.24. The van der Waals surface area contributed by atoms with Gasteiger partial charge in [-0.15, -0.1) is 0 Å². The molecule has 76 valence electrons. The Morgan fingerprint density at radius 3 is 2.21 bits per heavy atom. The molecule has 1 aliphatic rings. The molecular weight excluding hydrogens is 191 g/mol. The van der Waals surface area contributed by atoms with Gasteiger partial charge in [-0.2, -0.15) is 0 Å². The average molecular weight is 201 g/mol. The van der Waals surface area contributed by atoms with Crippen LogP contribution < -0.4 is 5.32 Å². The van der Waals surface area contributed by atoms with Crippen molar-refractivity contribution in [2.24, 2.45) is 5.92 Å². The Bertz CT molecular complexity index is 324. The zero-order chi connectivity index (χ0) is 10.1. The van der Waals surface area contributed by atoms with Crippen LogP contribution in [0.5, 0.6) is 0 Å². The standard InChI is InChI=1S/C10H10F3N/c11-8-3-7(4-9(12)10(8)13)14-5-6-1-2-6/h3-4,6,14H,1-2,5H2. The highest BCUT2D eigenvalue weighted by atomic mass is 19.2. The molecule has 0 heterocycles. The van der Waals surface area contributed by atoms with Gasteiger partial charge in [0.05, 0.1) is 0 Å². The molecule has 0 radical (unpaired) electrons. The van der Waals surface area contributed by atoms with Crippen LogP contribution in [0, 0.1) is 23.4 Å². The molecule has 0 spiro atoms. The van der Waals surface area contributed by atoms with Gasteiger partial charge in [-0.1, -0.05) is 0 Å². The van der Waals surface area contributed by atoms with Gasteiger partial charge >= 0.3 is 0 Å². The Morgan fingerprint density at radius 2 is 1.71 bits per heavy atom. The average Bonchev–Trinajstić information content (AvgIpc) is 2.94. The second kappa shape index (κ2) is 3.52. The van der Waals surface area contributed by atoms with Crippen LogP contribution >= 0.6 is 0 Å². The van der Waals surface area contributed by atoms with E-state index in [4.69, 9.17) is 0 Å². The number of hydrogen-bond donors (Lipinski definition) is 1. The lowest BCUT2D eigenvalue weighted by molar-refractivity contribution is 0.447. The minimum Gasteiger partial charge on any atom is -0.385 e. The Kier molecular flexibility index (Phi) is 2.35. The lowest BCUT2D eigenvalue weighted by Crippen LogP contribution is -2.04. The summed E-state index contributed by atoms with van der Waals surface area (Å²) in [6.07, 6.45) is 2.30. The minimum atomic E-state index is -1.41. The predicted octanol–water partition coefficient (Wildman–Crippen LogP) is 2.93.